The van der Waals surface area contributed by atoms with Crippen LogP contribution >= 0.6 is 23.2 Å². The lowest BCUT2D eigenvalue weighted by Crippen LogP contribution is -2.52. The molecule has 0 unspecified atom stereocenters. The molecule has 0 aromatic heterocycles. The molecule has 2 atom stereocenters. The molecule has 3 rings (SSSR count). The molecule has 232 valence electrons. The Labute approximate surface area is 263 Å². The van der Waals surface area contributed by atoms with Gasteiger partial charge in [0.05, 0.1) is 24.8 Å². The molecular weight excluding hydrogens is 613 g/mol. The van der Waals surface area contributed by atoms with Gasteiger partial charge >= 0.3 is 0 Å². The van der Waals surface area contributed by atoms with Crippen molar-refractivity contribution in [3.8, 4) is 11.5 Å². The predicted octanol–water partition coefficient (Wildman–Crippen LogP) is 5.85. The zero-order valence-electron chi connectivity index (χ0n) is 25.1. The molecule has 43 heavy (non-hydrogen) atoms. The zero-order chi connectivity index (χ0) is 31.9. The van der Waals surface area contributed by atoms with Crippen LogP contribution in [0, 0.1) is 6.92 Å². The third kappa shape index (κ3) is 8.13. The van der Waals surface area contributed by atoms with Crippen molar-refractivity contribution in [1.82, 2.24) is 10.2 Å². The average molecular weight is 651 g/mol. The summed E-state index contributed by atoms with van der Waals surface area (Å²) in [6.07, 6.45) is 0.688. The van der Waals surface area contributed by atoms with Crippen molar-refractivity contribution in [2.75, 3.05) is 25.1 Å². The largest absolute Gasteiger partial charge is 0.493 e. The normalized spacial score (nSPS) is 12.7. The van der Waals surface area contributed by atoms with Gasteiger partial charge in [0, 0.05) is 34.3 Å². The van der Waals surface area contributed by atoms with Gasteiger partial charge in [0.2, 0.25) is 11.8 Å². The highest BCUT2D eigenvalue weighted by atomic mass is 35.5. The lowest BCUT2D eigenvalue weighted by molar-refractivity contribution is -0.139. The van der Waals surface area contributed by atoms with Gasteiger partial charge in [0.1, 0.15) is 12.6 Å². The van der Waals surface area contributed by atoms with E-state index in [0.29, 0.717) is 27.8 Å². The predicted molar refractivity (Wildman–Crippen MR) is 170 cm³/mol. The number of benzene rings is 3. The molecule has 0 radical (unpaired) electrons. The summed E-state index contributed by atoms with van der Waals surface area (Å²) >= 11 is 12.9. The van der Waals surface area contributed by atoms with Crippen molar-refractivity contribution in [3.05, 3.63) is 81.8 Å². The number of aryl methyl sites for hydroxylation is 1. The second-order valence-corrected chi connectivity index (χ2v) is 12.8. The number of halogens is 2. The Kier molecular flexibility index (Phi) is 11.7. The maximum atomic E-state index is 14.1. The molecule has 0 heterocycles. The van der Waals surface area contributed by atoms with Gasteiger partial charge in [-0.2, -0.15) is 0 Å². The summed E-state index contributed by atoms with van der Waals surface area (Å²) in [7, 11) is -1.47. The van der Waals surface area contributed by atoms with Crippen LogP contribution < -0.4 is 19.1 Å². The van der Waals surface area contributed by atoms with Crippen LogP contribution in [0.15, 0.2) is 65.6 Å². The minimum absolute atomic E-state index is 0.109. The second-order valence-electron chi connectivity index (χ2n) is 10.1. The smallest absolute Gasteiger partial charge is 0.264 e. The molecule has 0 bridgehead atoms. The molecular formula is C31H37Cl2N3O6S. The number of hydrogen-bond donors (Lipinski definition) is 1. The van der Waals surface area contributed by atoms with Gasteiger partial charge in [-0.05, 0) is 63.6 Å². The Morgan fingerprint density at radius 1 is 0.930 bits per heavy atom. The van der Waals surface area contributed by atoms with E-state index < -0.39 is 34.4 Å². The Hall–Kier alpha value is -3.47. The van der Waals surface area contributed by atoms with E-state index in [1.54, 1.807) is 49.4 Å². The number of amides is 2. The monoisotopic (exact) mass is 649 g/mol. The minimum atomic E-state index is -4.31. The average Bonchev–Trinajstić information content (AvgIpc) is 2.99. The van der Waals surface area contributed by atoms with Gasteiger partial charge in [-0.15, -0.1) is 0 Å². The fraction of sp³-hybridized carbons (Fsp3) is 0.355. The van der Waals surface area contributed by atoms with Crippen molar-refractivity contribution >= 4 is 50.7 Å². The number of nitrogens with one attached hydrogen (secondary N) is 1. The molecule has 0 aliphatic heterocycles. The molecule has 0 fully saturated rings. The van der Waals surface area contributed by atoms with E-state index in [2.05, 4.69) is 5.32 Å². The molecule has 2 amide bonds. The summed E-state index contributed by atoms with van der Waals surface area (Å²) < 4.78 is 39.9. The number of ether oxygens (including phenoxy) is 2. The molecule has 0 aliphatic rings. The van der Waals surface area contributed by atoms with Crippen LogP contribution in [0.25, 0.3) is 0 Å². The molecule has 1 N–H and O–H groups in total. The van der Waals surface area contributed by atoms with Crippen molar-refractivity contribution in [1.29, 1.82) is 0 Å². The molecule has 0 spiro atoms. The second kappa shape index (κ2) is 14.8. The number of nitrogens with zero attached hydrogens (tertiary/aromatic N) is 2. The van der Waals surface area contributed by atoms with Gasteiger partial charge in [-0.25, -0.2) is 8.42 Å². The van der Waals surface area contributed by atoms with Crippen molar-refractivity contribution in [2.45, 2.75) is 57.6 Å². The number of rotatable bonds is 13. The Morgan fingerprint density at radius 3 is 2.09 bits per heavy atom. The third-order valence-corrected chi connectivity index (χ3v) is 9.58. The summed E-state index contributed by atoms with van der Waals surface area (Å²) in [6, 6.07) is 14.8. The van der Waals surface area contributed by atoms with E-state index in [0.717, 1.165) is 9.87 Å². The van der Waals surface area contributed by atoms with E-state index in [9.17, 15) is 18.0 Å². The first-order valence-electron chi connectivity index (χ1n) is 13.7. The van der Waals surface area contributed by atoms with Crippen LogP contribution in [0.3, 0.4) is 0 Å². The third-order valence-electron chi connectivity index (χ3n) is 7.10. The molecule has 12 heteroatoms. The topological polar surface area (TPSA) is 105 Å². The maximum absolute atomic E-state index is 14.1. The minimum Gasteiger partial charge on any atom is -0.493 e. The quantitative estimate of drug-likeness (QED) is 0.249. The molecule has 0 saturated heterocycles. The van der Waals surface area contributed by atoms with E-state index in [1.807, 2.05) is 20.8 Å². The van der Waals surface area contributed by atoms with Gasteiger partial charge in [-0.3, -0.25) is 13.9 Å². The van der Waals surface area contributed by atoms with Crippen molar-refractivity contribution in [3.63, 3.8) is 0 Å². The Balaban J connectivity index is 2.10. The summed E-state index contributed by atoms with van der Waals surface area (Å²) in [5.74, 6) is -0.463. The molecule has 9 nitrogen and oxygen atoms in total. The Bertz CT molecular complexity index is 1530. The van der Waals surface area contributed by atoms with Crippen molar-refractivity contribution < 1.29 is 27.5 Å². The molecule has 3 aromatic carbocycles. The Morgan fingerprint density at radius 2 is 1.53 bits per heavy atom. The van der Waals surface area contributed by atoms with E-state index >= 15 is 0 Å². The molecule has 0 saturated carbocycles. The molecule has 0 aliphatic carbocycles. The van der Waals surface area contributed by atoms with E-state index in [1.165, 1.54) is 37.3 Å². The number of carbonyl (C=O) groups is 2. The lowest BCUT2D eigenvalue weighted by Gasteiger charge is -2.33. The highest BCUT2D eigenvalue weighted by Gasteiger charge is 2.34. The van der Waals surface area contributed by atoms with Crippen LogP contribution in [0.4, 0.5) is 5.69 Å². The number of anilines is 1. The lowest BCUT2D eigenvalue weighted by atomic mass is 10.1. The number of sulfonamides is 1. The van der Waals surface area contributed by atoms with Crippen LogP contribution in [-0.2, 0) is 26.2 Å². The summed E-state index contributed by atoms with van der Waals surface area (Å²) in [5, 5.41) is 3.52. The maximum Gasteiger partial charge on any atom is 0.264 e. The fourth-order valence-electron chi connectivity index (χ4n) is 4.25. The van der Waals surface area contributed by atoms with Crippen LogP contribution in [0.2, 0.25) is 10.0 Å². The molecule has 3 aromatic rings. The summed E-state index contributed by atoms with van der Waals surface area (Å²) in [4.78, 5) is 28.5. The first kappa shape index (κ1) is 34.0. The summed E-state index contributed by atoms with van der Waals surface area (Å²) in [6.45, 7) is 6.51. The standard InChI is InChI=1S/C31H37Cl2N3O6S/c1-7-21(3)34-31(38)22(4)35(18-25-26(32)9-8-10-27(25)33)30(37)19-36(23-13-11-20(2)12-14-23)43(39,40)24-15-16-28(41-5)29(17-24)42-6/h8-17,21-22H,7,18-19H2,1-6H3,(H,34,38)/t21-,22-/m1/s1. The number of methoxy groups -OCH3 is 2. The first-order valence-corrected chi connectivity index (χ1v) is 15.9. The SMILES string of the molecule is CC[C@@H](C)NC(=O)[C@@H](C)N(Cc1c(Cl)cccc1Cl)C(=O)CN(c1ccc(C)cc1)S(=O)(=O)c1ccc(OC)c(OC)c1. The van der Waals surface area contributed by atoms with Gasteiger partial charge in [0.15, 0.2) is 11.5 Å². The number of hydrogen-bond acceptors (Lipinski definition) is 6. The fourth-order valence-corrected chi connectivity index (χ4v) is 6.19. The zero-order valence-corrected chi connectivity index (χ0v) is 27.4. The van der Waals surface area contributed by atoms with E-state index in [4.69, 9.17) is 32.7 Å². The van der Waals surface area contributed by atoms with Gasteiger partial charge in [-0.1, -0.05) is 53.9 Å². The van der Waals surface area contributed by atoms with E-state index in [-0.39, 0.29) is 28.9 Å². The first-order chi connectivity index (χ1) is 20.3. The highest BCUT2D eigenvalue weighted by Crippen LogP contribution is 2.33. The van der Waals surface area contributed by atoms with Crippen LogP contribution in [-0.4, -0.2) is 58.0 Å². The van der Waals surface area contributed by atoms with Crippen LogP contribution in [0.5, 0.6) is 11.5 Å². The summed E-state index contributed by atoms with van der Waals surface area (Å²) in [5.41, 5.74) is 1.61. The highest BCUT2D eigenvalue weighted by molar-refractivity contribution is 7.92. The number of carbonyl (C=O) groups excluding carboxylic acids is 2. The van der Waals surface area contributed by atoms with Gasteiger partial charge < -0.3 is 19.7 Å². The van der Waals surface area contributed by atoms with Crippen LogP contribution in [0.1, 0.15) is 38.3 Å². The van der Waals surface area contributed by atoms with Crippen molar-refractivity contribution in [2.24, 2.45) is 0 Å². The van der Waals surface area contributed by atoms with Gasteiger partial charge in [0.25, 0.3) is 10.0 Å².